The first kappa shape index (κ1) is 17.2. The van der Waals surface area contributed by atoms with Crippen molar-refractivity contribution in [2.24, 2.45) is 0 Å². The lowest BCUT2D eigenvalue weighted by Gasteiger charge is -2.25. The predicted octanol–water partition coefficient (Wildman–Crippen LogP) is 2.82. The van der Waals surface area contributed by atoms with Crippen LogP contribution in [-0.4, -0.2) is 36.9 Å². The fourth-order valence-electron chi connectivity index (χ4n) is 3.26. The Bertz CT molecular complexity index is 728. The number of likely N-dealkylation sites (tertiary alicyclic amines) is 1. The van der Waals surface area contributed by atoms with Gasteiger partial charge in [-0.3, -0.25) is 9.59 Å². The number of anilines is 1. The summed E-state index contributed by atoms with van der Waals surface area (Å²) in [7, 11) is 1.72. The molecule has 0 radical (unpaired) electrons. The summed E-state index contributed by atoms with van der Waals surface area (Å²) in [4.78, 5) is 26.4. The highest BCUT2D eigenvalue weighted by Gasteiger charge is 2.30. The first-order valence-corrected chi connectivity index (χ1v) is 8.59. The summed E-state index contributed by atoms with van der Waals surface area (Å²) in [5, 5.41) is 5.59. The highest BCUT2D eigenvalue weighted by molar-refractivity contribution is 5.96. The molecule has 3 rings (SSSR count). The molecule has 0 bridgehead atoms. The van der Waals surface area contributed by atoms with E-state index in [1.54, 1.807) is 31.3 Å². The predicted molar refractivity (Wildman–Crippen MR) is 98.5 cm³/mol. The summed E-state index contributed by atoms with van der Waals surface area (Å²) in [5.74, 6) is -0.0651. The third kappa shape index (κ3) is 4.06. The molecule has 5 heteroatoms. The minimum absolute atomic E-state index is 0.0412. The van der Waals surface area contributed by atoms with Crippen LogP contribution in [-0.2, 0) is 4.79 Å². The number of carbonyl (C=O) groups is 2. The Morgan fingerprint density at radius 2 is 1.80 bits per heavy atom. The zero-order valence-corrected chi connectivity index (χ0v) is 14.4. The molecule has 1 saturated heterocycles. The van der Waals surface area contributed by atoms with E-state index in [2.05, 4.69) is 22.8 Å². The van der Waals surface area contributed by atoms with Crippen molar-refractivity contribution in [3.63, 3.8) is 0 Å². The number of likely N-dealkylation sites (N-methyl/N-ethyl adjacent to an activating group) is 1. The molecule has 2 aromatic rings. The van der Waals surface area contributed by atoms with Crippen LogP contribution >= 0.6 is 0 Å². The average molecular weight is 337 g/mol. The van der Waals surface area contributed by atoms with Gasteiger partial charge in [-0.05, 0) is 49.7 Å². The number of hydrogen-bond acceptors (Lipinski definition) is 3. The number of nitrogens with zero attached hydrogens (tertiary/aromatic N) is 1. The highest BCUT2D eigenvalue weighted by atomic mass is 16.2. The normalized spacial score (nSPS) is 16.7. The van der Waals surface area contributed by atoms with Crippen molar-refractivity contribution < 1.29 is 9.59 Å². The lowest BCUT2D eigenvalue weighted by atomic mass is 10.0. The molecule has 2 N–H and O–H groups in total. The molecule has 1 aliphatic heterocycles. The van der Waals surface area contributed by atoms with Gasteiger partial charge < -0.3 is 15.5 Å². The second-order valence-corrected chi connectivity index (χ2v) is 6.22. The van der Waals surface area contributed by atoms with Crippen LogP contribution in [0.4, 0.5) is 5.69 Å². The molecule has 2 amide bonds. The zero-order chi connectivity index (χ0) is 17.6. The quantitative estimate of drug-likeness (QED) is 0.882. The van der Waals surface area contributed by atoms with Crippen molar-refractivity contribution in [1.82, 2.24) is 10.2 Å². The van der Waals surface area contributed by atoms with Gasteiger partial charge in [0.15, 0.2) is 0 Å². The topological polar surface area (TPSA) is 61.4 Å². The van der Waals surface area contributed by atoms with E-state index in [0.29, 0.717) is 11.3 Å². The fraction of sp³-hybridized carbons (Fsp3) is 0.300. The highest BCUT2D eigenvalue weighted by Crippen LogP contribution is 2.33. The second-order valence-electron chi connectivity index (χ2n) is 6.22. The first-order chi connectivity index (χ1) is 12.2. The summed E-state index contributed by atoms with van der Waals surface area (Å²) in [6.45, 7) is 1.03. The van der Waals surface area contributed by atoms with Crippen LogP contribution in [0.25, 0.3) is 0 Å². The van der Waals surface area contributed by atoms with Crippen molar-refractivity contribution in [2.75, 3.05) is 25.5 Å². The Morgan fingerprint density at radius 3 is 2.48 bits per heavy atom. The Kier molecular flexibility index (Phi) is 5.46. The van der Waals surface area contributed by atoms with E-state index in [0.717, 1.165) is 19.4 Å². The molecular formula is C20H23N3O2. The van der Waals surface area contributed by atoms with Gasteiger partial charge in [0.05, 0.1) is 12.6 Å². The van der Waals surface area contributed by atoms with Crippen LogP contribution in [0.2, 0.25) is 0 Å². The molecule has 130 valence electrons. The number of nitrogens with one attached hydrogen (secondary N) is 2. The minimum Gasteiger partial charge on any atom is -0.332 e. The van der Waals surface area contributed by atoms with E-state index in [-0.39, 0.29) is 24.4 Å². The van der Waals surface area contributed by atoms with Crippen molar-refractivity contribution in [3.8, 4) is 0 Å². The van der Waals surface area contributed by atoms with Crippen molar-refractivity contribution in [2.45, 2.75) is 18.9 Å². The maximum atomic E-state index is 12.9. The number of benzene rings is 2. The molecule has 1 unspecified atom stereocenters. The lowest BCUT2D eigenvalue weighted by Crippen LogP contribution is -2.30. The van der Waals surface area contributed by atoms with E-state index in [9.17, 15) is 9.59 Å². The van der Waals surface area contributed by atoms with Gasteiger partial charge in [0.2, 0.25) is 5.91 Å². The Balaban J connectivity index is 1.71. The summed E-state index contributed by atoms with van der Waals surface area (Å²) < 4.78 is 0. The van der Waals surface area contributed by atoms with E-state index >= 15 is 0 Å². The van der Waals surface area contributed by atoms with Gasteiger partial charge >= 0.3 is 0 Å². The van der Waals surface area contributed by atoms with Crippen LogP contribution in [0, 0.1) is 0 Å². The fourth-order valence-corrected chi connectivity index (χ4v) is 3.26. The molecule has 2 aromatic carbocycles. The molecule has 0 saturated carbocycles. The van der Waals surface area contributed by atoms with Gasteiger partial charge in [-0.25, -0.2) is 0 Å². The smallest absolute Gasteiger partial charge is 0.254 e. The van der Waals surface area contributed by atoms with Crippen molar-refractivity contribution in [1.29, 1.82) is 0 Å². The molecule has 0 aliphatic carbocycles. The van der Waals surface area contributed by atoms with Crippen LogP contribution in [0.5, 0.6) is 0 Å². The standard InChI is InChI=1S/C20H23N3O2/c1-21-14-19(24)22-17-11-9-16(10-12-17)20(25)23-13-5-8-18(23)15-6-3-2-4-7-15/h2-4,6-7,9-12,18,21H,5,8,13-14H2,1H3,(H,22,24). The van der Waals surface area contributed by atoms with Gasteiger partial charge in [-0.15, -0.1) is 0 Å². The van der Waals surface area contributed by atoms with E-state index in [1.165, 1.54) is 5.56 Å². The zero-order valence-electron chi connectivity index (χ0n) is 14.4. The Hall–Kier alpha value is -2.66. The number of rotatable bonds is 5. The summed E-state index contributed by atoms with van der Waals surface area (Å²) >= 11 is 0. The molecule has 1 fully saturated rings. The van der Waals surface area contributed by atoms with Crippen molar-refractivity contribution in [3.05, 3.63) is 65.7 Å². The first-order valence-electron chi connectivity index (χ1n) is 8.59. The van der Waals surface area contributed by atoms with Crippen LogP contribution in [0.3, 0.4) is 0 Å². The SMILES string of the molecule is CNCC(=O)Nc1ccc(C(=O)N2CCCC2c2ccccc2)cc1. The van der Waals surface area contributed by atoms with Gasteiger partial charge in [-0.1, -0.05) is 30.3 Å². The van der Waals surface area contributed by atoms with Crippen LogP contribution < -0.4 is 10.6 Å². The third-order valence-electron chi connectivity index (χ3n) is 4.45. The molecule has 1 heterocycles. The maximum Gasteiger partial charge on any atom is 0.254 e. The van der Waals surface area contributed by atoms with Crippen molar-refractivity contribution >= 4 is 17.5 Å². The monoisotopic (exact) mass is 337 g/mol. The van der Waals surface area contributed by atoms with Gasteiger partial charge in [0.25, 0.3) is 5.91 Å². The second kappa shape index (κ2) is 7.94. The number of amides is 2. The number of hydrogen-bond donors (Lipinski definition) is 2. The minimum atomic E-state index is -0.106. The van der Waals surface area contributed by atoms with E-state index < -0.39 is 0 Å². The summed E-state index contributed by atoms with van der Waals surface area (Å²) in [5.41, 5.74) is 2.52. The Labute approximate surface area is 148 Å². The van der Waals surface area contributed by atoms with E-state index in [4.69, 9.17) is 0 Å². The van der Waals surface area contributed by atoms with Gasteiger partial charge in [-0.2, -0.15) is 0 Å². The van der Waals surface area contributed by atoms with E-state index in [1.807, 2.05) is 23.1 Å². The summed E-state index contributed by atoms with van der Waals surface area (Å²) in [6, 6.07) is 17.4. The molecule has 25 heavy (non-hydrogen) atoms. The lowest BCUT2D eigenvalue weighted by molar-refractivity contribution is -0.115. The third-order valence-corrected chi connectivity index (χ3v) is 4.45. The summed E-state index contributed by atoms with van der Waals surface area (Å²) in [6.07, 6.45) is 2.01. The number of carbonyl (C=O) groups excluding carboxylic acids is 2. The van der Waals surface area contributed by atoms with Gasteiger partial charge in [0.1, 0.15) is 0 Å². The molecule has 0 aromatic heterocycles. The molecule has 1 aliphatic rings. The molecule has 1 atom stereocenters. The molecular weight excluding hydrogens is 314 g/mol. The molecule has 0 spiro atoms. The molecule has 5 nitrogen and oxygen atoms in total. The largest absolute Gasteiger partial charge is 0.332 e. The maximum absolute atomic E-state index is 12.9. The van der Waals surface area contributed by atoms with Gasteiger partial charge in [0, 0.05) is 17.8 Å². The van der Waals surface area contributed by atoms with Crippen LogP contribution in [0.15, 0.2) is 54.6 Å². The Morgan fingerprint density at radius 1 is 1.08 bits per heavy atom. The van der Waals surface area contributed by atoms with Crippen LogP contribution in [0.1, 0.15) is 34.8 Å². The average Bonchev–Trinajstić information content (AvgIpc) is 3.12.